The van der Waals surface area contributed by atoms with Gasteiger partial charge in [-0.3, -0.25) is 0 Å². The van der Waals surface area contributed by atoms with Crippen molar-refractivity contribution in [1.29, 1.82) is 0 Å². The van der Waals surface area contributed by atoms with Gasteiger partial charge in [0.1, 0.15) is 11.1 Å². The highest BCUT2D eigenvalue weighted by Gasteiger charge is 2.21. The van der Waals surface area contributed by atoms with E-state index in [1.807, 2.05) is 0 Å². The van der Waals surface area contributed by atoms with Gasteiger partial charge in [-0.25, -0.2) is 0 Å². The molecule has 0 spiro atoms. The maximum atomic E-state index is 6.79. The molecule has 3 heteroatoms. The second-order valence-electron chi connectivity index (χ2n) is 10.2. The van der Waals surface area contributed by atoms with Crippen molar-refractivity contribution in [2.24, 2.45) is 0 Å². The van der Waals surface area contributed by atoms with Gasteiger partial charge >= 0.3 is 0 Å². The van der Waals surface area contributed by atoms with E-state index in [9.17, 15) is 0 Å². The van der Waals surface area contributed by atoms with Gasteiger partial charge in [-0.1, -0.05) is 91.0 Å². The number of hydrogen-bond acceptors (Lipinski definition) is 2. The average Bonchev–Trinajstić information content (AvgIpc) is 3.58. The number of furan rings is 1. The molecule has 2 heterocycles. The van der Waals surface area contributed by atoms with Crippen LogP contribution in [0, 0.1) is 0 Å². The highest BCUT2D eigenvalue weighted by molar-refractivity contribution is 6.18. The maximum Gasteiger partial charge on any atom is 0.161 e. The second-order valence-corrected chi connectivity index (χ2v) is 10.2. The van der Waals surface area contributed by atoms with E-state index >= 15 is 0 Å². The van der Waals surface area contributed by atoms with Gasteiger partial charge in [0.15, 0.2) is 5.58 Å². The third kappa shape index (κ3) is 3.82. The van der Waals surface area contributed by atoms with Gasteiger partial charge in [0.05, 0.1) is 5.52 Å². The Balaban J connectivity index is 1.35. The summed E-state index contributed by atoms with van der Waals surface area (Å²) in [6.07, 6.45) is 0. The number of fused-ring (bicyclic) bond motifs is 5. The van der Waals surface area contributed by atoms with E-state index in [0.29, 0.717) is 0 Å². The Hall–Kier alpha value is -5.54. The van der Waals surface area contributed by atoms with Crippen molar-refractivity contribution in [2.45, 2.75) is 0 Å². The molecule has 0 radical (unpaired) electrons. The highest BCUT2D eigenvalue weighted by atomic mass is 16.3. The number of nitrogens with zero attached hydrogens (tertiary/aromatic N) is 2. The zero-order valence-corrected chi connectivity index (χ0v) is 22.3. The van der Waals surface area contributed by atoms with E-state index in [2.05, 4.69) is 167 Å². The minimum absolute atomic E-state index is 0.899. The lowest BCUT2D eigenvalue weighted by atomic mass is 10.0. The number of rotatable bonds is 5. The first-order chi connectivity index (χ1) is 20.4. The molecule has 8 aromatic rings. The second kappa shape index (κ2) is 9.58. The molecule has 2 aromatic heterocycles. The van der Waals surface area contributed by atoms with Crippen LogP contribution in [0.1, 0.15) is 0 Å². The normalized spacial score (nSPS) is 11.4. The van der Waals surface area contributed by atoms with Crippen LogP contribution in [-0.2, 0) is 0 Å². The fourth-order valence-corrected chi connectivity index (χ4v) is 5.98. The molecule has 0 bridgehead atoms. The Morgan fingerprint density at radius 3 is 1.78 bits per heavy atom. The van der Waals surface area contributed by atoms with E-state index in [-0.39, 0.29) is 0 Å². The zero-order valence-electron chi connectivity index (χ0n) is 22.3. The predicted molar refractivity (Wildman–Crippen MR) is 171 cm³/mol. The summed E-state index contributed by atoms with van der Waals surface area (Å²) in [7, 11) is 0. The number of aromatic nitrogens is 1. The van der Waals surface area contributed by atoms with Crippen LogP contribution >= 0.6 is 0 Å². The molecule has 0 aliphatic carbocycles. The van der Waals surface area contributed by atoms with Crippen LogP contribution in [0.2, 0.25) is 0 Å². The van der Waals surface area contributed by atoms with Crippen molar-refractivity contribution in [3.05, 3.63) is 158 Å². The molecule has 0 unspecified atom stereocenters. The number of hydrogen-bond donors (Lipinski definition) is 0. The van der Waals surface area contributed by atoms with E-state index < -0.39 is 0 Å². The summed E-state index contributed by atoms with van der Waals surface area (Å²) in [5.41, 5.74) is 10.7. The van der Waals surface area contributed by atoms with E-state index in [4.69, 9.17) is 4.42 Å². The van der Waals surface area contributed by atoms with Crippen molar-refractivity contribution in [3.8, 4) is 16.8 Å². The molecule has 41 heavy (non-hydrogen) atoms. The molecule has 0 N–H and O–H groups in total. The SMILES string of the molecule is c1ccc(N(c2ccccc2)c2cccc(-c3cccc4c3oc3c5ccccc5n(-c5ccccc5)c43)c2)cc1. The molecule has 0 amide bonds. The third-order valence-electron chi connectivity index (χ3n) is 7.76. The summed E-state index contributed by atoms with van der Waals surface area (Å²) in [4.78, 5) is 2.29. The number of benzene rings is 6. The molecule has 0 saturated carbocycles. The van der Waals surface area contributed by atoms with Crippen molar-refractivity contribution < 1.29 is 4.42 Å². The van der Waals surface area contributed by atoms with Gasteiger partial charge in [-0.05, 0) is 72.3 Å². The van der Waals surface area contributed by atoms with Crippen LogP contribution in [0.25, 0.3) is 49.8 Å². The summed E-state index contributed by atoms with van der Waals surface area (Å²) in [5.74, 6) is 0. The Morgan fingerprint density at radius 1 is 0.463 bits per heavy atom. The molecule has 0 saturated heterocycles. The lowest BCUT2D eigenvalue weighted by molar-refractivity contribution is 0.674. The zero-order chi connectivity index (χ0) is 27.2. The number of anilines is 3. The Kier molecular flexibility index (Phi) is 5.46. The molecule has 6 aromatic carbocycles. The molecule has 0 aliphatic heterocycles. The first-order valence-electron chi connectivity index (χ1n) is 13.9. The molecular weight excluding hydrogens is 500 g/mol. The summed E-state index contributed by atoms with van der Waals surface area (Å²) in [6.45, 7) is 0. The Labute approximate surface area is 238 Å². The fourth-order valence-electron chi connectivity index (χ4n) is 5.98. The van der Waals surface area contributed by atoms with E-state index in [1.165, 1.54) is 0 Å². The quantitative estimate of drug-likeness (QED) is 0.222. The lowest BCUT2D eigenvalue weighted by Gasteiger charge is -2.25. The van der Waals surface area contributed by atoms with Crippen molar-refractivity contribution in [2.75, 3.05) is 4.90 Å². The molecule has 0 fully saturated rings. The summed E-state index contributed by atoms with van der Waals surface area (Å²) >= 11 is 0. The third-order valence-corrected chi connectivity index (χ3v) is 7.76. The molecular formula is C38H26N2O. The van der Waals surface area contributed by atoms with Gasteiger partial charge in [0.2, 0.25) is 0 Å². The van der Waals surface area contributed by atoms with Gasteiger partial charge in [-0.2, -0.15) is 0 Å². The largest absolute Gasteiger partial charge is 0.453 e. The lowest BCUT2D eigenvalue weighted by Crippen LogP contribution is -2.09. The maximum absolute atomic E-state index is 6.79. The molecule has 194 valence electrons. The van der Waals surface area contributed by atoms with Gasteiger partial charge in [0.25, 0.3) is 0 Å². The molecule has 0 atom stereocenters. The van der Waals surface area contributed by atoms with Crippen molar-refractivity contribution in [3.63, 3.8) is 0 Å². The summed E-state index contributed by atoms with van der Waals surface area (Å²) in [6, 6.07) is 55.2. The topological polar surface area (TPSA) is 21.3 Å². The fraction of sp³-hybridized carbons (Fsp3) is 0. The minimum Gasteiger partial charge on any atom is -0.453 e. The van der Waals surface area contributed by atoms with Crippen LogP contribution in [0.3, 0.4) is 0 Å². The van der Waals surface area contributed by atoms with Crippen LogP contribution < -0.4 is 4.90 Å². The van der Waals surface area contributed by atoms with Gasteiger partial charge < -0.3 is 13.9 Å². The van der Waals surface area contributed by atoms with Gasteiger partial charge in [-0.15, -0.1) is 0 Å². The van der Waals surface area contributed by atoms with E-state index in [1.54, 1.807) is 0 Å². The number of para-hydroxylation sites is 5. The molecule has 0 aliphatic rings. The average molecular weight is 527 g/mol. The Bertz CT molecular complexity index is 2100. The monoisotopic (exact) mass is 526 g/mol. The summed E-state index contributed by atoms with van der Waals surface area (Å²) in [5, 5.41) is 2.22. The predicted octanol–water partition coefficient (Wildman–Crippen LogP) is 10.7. The summed E-state index contributed by atoms with van der Waals surface area (Å²) < 4.78 is 9.11. The first-order valence-corrected chi connectivity index (χ1v) is 13.9. The van der Waals surface area contributed by atoms with Crippen LogP contribution in [0.5, 0.6) is 0 Å². The van der Waals surface area contributed by atoms with Crippen LogP contribution in [0.4, 0.5) is 17.1 Å². The Morgan fingerprint density at radius 2 is 1.05 bits per heavy atom. The smallest absolute Gasteiger partial charge is 0.161 e. The van der Waals surface area contributed by atoms with Crippen molar-refractivity contribution >= 4 is 50.0 Å². The van der Waals surface area contributed by atoms with E-state index in [0.717, 1.165) is 66.8 Å². The highest BCUT2D eigenvalue weighted by Crippen LogP contribution is 2.43. The van der Waals surface area contributed by atoms with Gasteiger partial charge in [0, 0.05) is 39.1 Å². The van der Waals surface area contributed by atoms with Crippen LogP contribution in [-0.4, -0.2) is 4.57 Å². The molecule has 8 rings (SSSR count). The minimum atomic E-state index is 0.899. The van der Waals surface area contributed by atoms with Crippen molar-refractivity contribution in [1.82, 2.24) is 4.57 Å². The molecule has 3 nitrogen and oxygen atoms in total. The van der Waals surface area contributed by atoms with Crippen LogP contribution in [0.15, 0.2) is 162 Å². The standard InChI is InChI=1S/C38H26N2O/c1-4-15-28(16-5-1)39(29-17-6-2-7-18-29)31-21-12-14-27(26-31)32-23-13-24-34-36-38(41-37(32)34)33-22-10-11-25-35(33)40(36)30-19-8-3-9-20-30/h1-26H. The first kappa shape index (κ1) is 23.4.